The van der Waals surface area contributed by atoms with Gasteiger partial charge in [0.25, 0.3) is 5.56 Å². The minimum atomic E-state index is -0.307. The van der Waals surface area contributed by atoms with E-state index in [0.29, 0.717) is 17.1 Å². The van der Waals surface area contributed by atoms with Gasteiger partial charge in [0.05, 0.1) is 6.33 Å². The molecule has 1 fully saturated rings. The summed E-state index contributed by atoms with van der Waals surface area (Å²) in [4.78, 5) is 22.5. The quantitative estimate of drug-likeness (QED) is 0.743. The summed E-state index contributed by atoms with van der Waals surface area (Å²) in [7, 11) is 0. The van der Waals surface area contributed by atoms with E-state index in [1.54, 1.807) is 6.33 Å². The van der Waals surface area contributed by atoms with Crippen molar-refractivity contribution in [2.24, 2.45) is 5.92 Å². The number of nitrogens with zero attached hydrogens (tertiary/aromatic N) is 3. The molecule has 4 N–H and O–H groups in total. The van der Waals surface area contributed by atoms with Crippen LogP contribution in [0, 0.1) is 5.92 Å². The zero-order valence-electron chi connectivity index (χ0n) is 10.5. The van der Waals surface area contributed by atoms with Crippen LogP contribution < -0.4 is 11.3 Å². The highest BCUT2D eigenvalue weighted by molar-refractivity contribution is 5.70. The standard InChI is InChI=1S/C12H17N5O2/c13-12-15-10-9(11(19)16-12)14-6-17(10)8-3-1-2-7(8)4-5-18/h6-8,18H,1-5H2,(H3,13,15,16,19)/t7-,8+/m1/s1. The Hall–Kier alpha value is -1.89. The minimum Gasteiger partial charge on any atom is -0.396 e. The highest BCUT2D eigenvalue weighted by atomic mass is 16.3. The summed E-state index contributed by atoms with van der Waals surface area (Å²) in [5.74, 6) is 0.515. The fourth-order valence-electron chi connectivity index (χ4n) is 3.07. The number of hydrogen-bond donors (Lipinski definition) is 3. The Balaban J connectivity index is 2.08. The van der Waals surface area contributed by atoms with Gasteiger partial charge in [-0.05, 0) is 25.2 Å². The molecule has 7 heteroatoms. The van der Waals surface area contributed by atoms with Gasteiger partial charge in [0.15, 0.2) is 11.2 Å². The average molecular weight is 263 g/mol. The molecule has 2 atom stereocenters. The van der Waals surface area contributed by atoms with Crippen LogP contribution in [0.15, 0.2) is 11.1 Å². The highest BCUT2D eigenvalue weighted by Crippen LogP contribution is 2.38. The van der Waals surface area contributed by atoms with Gasteiger partial charge < -0.3 is 15.4 Å². The number of fused-ring (bicyclic) bond motifs is 1. The van der Waals surface area contributed by atoms with Crippen molar-refractivity contribution in [2.45, 2.75) is 31.7 Å². The number of anilines is 1. The number of rotatable bonds is 3. The summed E-state index contributed by atoms with van der Waals surface area (Å²) in [5, 5.41) is 9.13. The molecule has 0 bridgehead atoms. The van der Waals surface area contributed by atoms with Crippen LogP contribution in [-0.4, -0.2) is 31.2 Å². The molecular weight excluding hydrogens is 246 g/mol. The molecule has 19 heavy (non-hydrogen) atoms. The average Bonchev–Trinajstić information content (AvgIpc) is 2.95. The fraction of sp³-hybridized carbons (Fsp3) is 0.583. The van der Waals surface area contributed by atoms with Crippen LogP contribution in [0.25, 0.3) is 11.2 Å². The summed E-state index contributed by atoms with van der Waals surface area (Å²) in [6.07, 6.45) is 5.65. The zero-order valence-corrected chi connectivity index (χ0v) is 10.5. The van der Waals surface area contributed by atoms with Gasteiger partial charge in [-0.25, -0.2) is 4.98 Å². The Morgan fingerprint density at radius 1 is 1.53 bits per heavy atom. The molecule has 3 rings (SSSR count). The Kier molecular flexibility index (Phi) is 2.98. The molecule has 1 saturated carbocycles. The molecule has 2 aromatic heterocycles. The molecule has 0 amide bonds. The number of H-pyrrole nitrogens is 1. The third kappa shape index (κ3) is 1.99. The number of aromatic amines is 1. The number of nitrogens with two attached hydrogens (primary N) is 1. The maximum Gasteiger partial charge on any atom is 0.280 e. The SMILES string of the molecule is Nc1nc2c(ncn2[C@H]2CCC[C@@H]2CCO)c(=O)[nH]1. The largest absolute Gasteiger partial charge is 0.396 e. The van der Waals surface area contributed by atoms with Crippen molar-refractivity contribution in [1.82, 2.24) is 19.5 Å². The lowest BCUT2D eigenvalue weighted by Gasteiger charge is -2.20. The van der Waals surface area contributed by atoms with E-state index < -0.39 is 0 Å². The lowest BCUT2D eigenvalue weighted by atomic mass is 10.00. The molecule has 0 aliphatic heterocycles. The molecule has 0 spiro atoms. The molecule has 2 heterocycles. The summed E-state index contributed by atoms with van der Waals surface area (Å²) in [6, 6.07) is 0.242. The number of aliphatic hydroxyl groups excluding tert-OH is 1. The second-order valence-corrected chi connectivity index (χ2v) is 5.05. The first kappa shape index (κ1) is 12.2. The van der Waals surface area contributed by atoms with Crippen molar-refractivity contribution >= 4 is 17.1 Å². The molecule has 1 aliphatic carbocycles. The summed E-state index contributed by atoms with van der Waals surface area (Å²) >= 11 is 0. The highest BCUT2D eigenvalue weighted by Gasteiger charge is 2.29. The van der Waals surface area contributed by atoms with Crippen LogP contribution in [-0.2, 0) is 0 Å². The second-order valence-electron chi connectivity index (χ2n) is 5.05. The van der Waals surface area contributed by atoms with Crippen LogP contribution >= 0.6 is 0 Å². The third-order valence-corrected chi connectivity index (χ3v) is 3.93. The smallest absolute Gasteiger partial charge is 0.280 e. The summed E-state index contributed by atoms with van der Waals surface area (Å²) in [5.41, 5.74) is 6.15. The van der Waals surface area contributed by atoms with Crippen molar-refractivity contribution in [1.29, 1.82) is 0 Å². The van der Waals surface area contributed by atoms with Gasteiger partial charge in [0.2, 0.25) is 5.95 Å². The van der Waals surface area contributed by atoms with E-state index in [9.17, 15) is 4.79 Å². The van der Waals surface area contributed by atoms with Gasteiger partial charge in [-0.15, -0.1) is 0 Å². The first-order valence-electron chi connectivity index (χ1n) is 6.54. The maximum atomic E-state index is 11.7. The van der Waals surface area contributed by atoms with Gasteiger partial charge in [0.1, 0.15) is 0 Å². The number of imidazole rings is 1. The molecule has 7 nitrogen and oxygen atoms in total. The van der Waals surface area contributed by atoms with Gasteiger partial charge in [-0.1, -0.05) is 6.42 Å². The molecule has 1 aliphatic rings. The van der Waals surface area contributed by atoms with Crippen molar-refractivity contribution in [3.05, 3.63) is 16.7 Å². The zero-order chi connectivity index (χ0) is 13.4. The van der Waals surface area contributed by atoms with Gasteiger partial charge in [0, 0.05) is 12.6 Å². The van der Waals surface area contributed by atoms with Gasteiger partial charge in [-0.2, -0.15) is 4.98 Å². The summed E-state index contributed by atoms with van der Waals surface area (Å²) in [6.45, 7) is 0.184. The van der Waals surface area contributed by atoms with Crippen molar-refractivity contribution < 1.29 is 5.11 Å². The lowest BCUT2D eigenvalue weighted by molar-refractivity contribution is 0.236. The Morgan fingerprint density at radius 3 is 3.16 bits per heavy atom. The van der Waals surface area contributed by atoms with E-state index in [0.717, 1.165) is 25.7 Å². The lowest BCUT2D eigenvalue weighted by Crippen LogP contribution is -2.17. The number of hydrogen-bond acceptors (Lipinski definition) is 5. The molecule has 0 radical (unpaired) electrons. The predicted molar refractivity (Wildman–Crippen MR) is 70.6 cm³/mol. The van der Waals surface area contributed by atoms with E-state index in [2.05, 4.69) is 15.0 Å². The molecule has 2 aromatic rings. The third-order valence-electron chi connectivity index (χ3n) is 3.93. The fourth-order valence-corrected chi connectivity index (χ4v) is 3.07. The number of aromatic nitrogens is 4. The maximum absolute atomic E-state index is 11.7. The number of nitrogens with one attached hydrogen (secondary N) is 1. The Labute approximate surface area is 109 Å². The van der Waals surface area contributed by atoms with Gasteiger partial charge in [-0.3, -0.25) is 9.78 Å². The summed E-state index contributed by atoms with van der Waals surface area (Å²) < 4.78 is 1.94. The first-order chi connectivity index (χ1) is 9.20. The second kappa shape index (κ2) is 4.65. The molecule has 0 aromatic carbocycles. The first-order valence-corrected chi connectivity index (χ1v) is 6.54. The topological polar surface area (TPSA) is 110 Å². The predicted octanol–water partition coefficient (Wildman–Crippen LogP) is 0.425. The molecular formula is C12H17N5O2. The van der Waals surface area contributed by atoms with Crippen LogP contribution in [0.5, 0.6) is 0 Å². The van der Waals surface area contributed by atoms with Crippen molar-refractivity contribution in [2.75, 3.05) is 12.3 Å². The normalized spacial score (nSPS) is 23.2. The van der Waals surface area contributed by atoms with Crippen LogP contribution in [0.3, 0.4) is 0 Å². The van der Waals surface area contributed by atoms with Gasteiger partial charge >= 0.3 is 0 Å². The van der Waals surface area contributed by atoms with E-state index in [1.807, 2.05) is 4.57 Å². The molecule has 102 valence electrons. The van der Waals surface area contributed by atoms with Crippen molar-refractivity contribution in [3.63, 3.8) is 0 Å². The molecule has 0 unspecified atom stereocenters. The van der Waals surface area contributed by atoms with Crippen LogP contribution in [0.1, 0.15) is 31.7 Å². The van der Waals surface area contributed by atoms with E-state index in [4.69, 9.17) is 10.8 Å². The molecule has 0 saturated heterocycles. The monoisotopic (exact) mass is 263 g/mol. The van der Waals surface area contributed by atoms with Crippen molar-refractivity contribution in [3.8, 4) is 0 Å². The Morgan fingerprint density at radius 2 is 2.37 bits per heavy atom. The van der Waals surface area contributed by atoms with Crippen LogP contribution in [0.2, 0.25) is 0 Å². The van der Waals surface area contributed by atoms with Crippen LogP contribution in [0.4, 0.5) is 5.95 Å². The van der Waals surface area contributed by atoms with E-state index in [-0.39, 0.29) is 24.2 Å². The van der Waals surface area contributed by atoms with E-state index in [1.165, 1.54) is 0 Å². The van der Waals surface area contributed by atoms with E-state index >= 15 is 0 Å². The minimum absolute atomic E-state index is 0.107. The Bertz CT molecular complexity index is 647. The number of aliphatic hydroxyl groups is 1. The number of nitrogen functional groups attached to an aromatic ring is 1.